The second kappa shape index (κ2) is 8.79. The number of anilines is 1. The van der Waals surface area contributed by atoms with Crippen LogP contribution in [0.4, 0.5) is 5.69 Å². The molecule has 0 radical (unpaired) electrons. The molecule has 2 aromatic carbocycles. The van der Waals surface area contributed by atoms with E-state index in [1.807, 2.05) is 84.2 Å². The van der Waals surface area contributed by atoms with Gasteiger partial charge in [-0.3, -0.25) is 4.79 Å². The lowest BCUT2D eigenvalue weighted by atomic mass is 10.2. The minimum atomic E-state index is -0.00444. The van der Waals surface area contributed by atoms with Crippen LogP contribution in [0.5, 0.6) is 0 Å². The van der Waals surface area contributed by atoms with E-state index < -0.39 is 0 Å². The molecule has 33 heavy (non-hydrogen) atoms. The fraction of sp³-hybridized carbons (Fsp3) is 0.231. The lowest BCUT2D eigenvalue weighted by molar-refractivity contribution is 0.0737. The van der Waals surface area contributed by atoms with E-state index in [-0.39, 0.29) is 5.91 Å². The van der Waals surface area contributed by atoms with Gasteiger partial charge in [0.25, 0.3) is 5.91 Å². The van der Waals surface area contributed by atoms with Gasteiger partial charge >= 0.3 is 0 Å². The predicted octanol–water partition coefficient (Wildman–Crippen LogP) is 4.80. The monoisotopic (exact) mass is 459 g/mol. The molecule has 1 aliphatic heterocycles. The second-order valence-electron chi connectivity index (χ2n) is 8.43. The van der Waals surface area contributed by atoms with E-state index in [4.69, 9.17) is 16.7 Å². The Balaban J connectivity index is 1.44. The third kappa shape index (κ3) is 4.26. The average Bonchev–Trinajstić information content (AvgIpc) is 3.45. The number of aromatic nitrogens is 3. The zero-order valence-corrected chi connectivity index (χ0v) is 19.5. The van der Waals surface area contributed by atoms with Crippen molar-refractivity contribution in [1.82, 2.24) is 19.2 Å². The lowest BCUT2D eigenvalue weighted by Crippen LogP contribution is -2.49. The van der Waals surface area contributed by atoms with Crippen molar-refractivity contribution >= 4 is 23.2 Å². The summed E-state index contributed by atoms with van der Waals surface area (Å²) in [7, 11) is 1.98. The number of rotatable bonds is 4. The van der Waals surface area contributed by atoms with Crippen LogP contribution in [0, 0.1) is 6.92 Å². The summed E-state index contributed by atoms with van der Waals surface area (Å²) in [5.74, 6) is -0.00444. The molecule has 2 aromatic heterocycles. The van der Waals surface area contributed by atoms with Gasteiger partial charge in [-0.2, -0.15) is 5.10 Å². The number of carbonyl (C=O) groups is 1. The Labute approximate surface area is 198 Å². The molecule has 1 aliphatic rings. The zero-order valence-electron chi connectivity index (χ0n) is 18.8. The fourth-order valence-corrected chi connectivity index (χ4v) is 4.53. The first-order valence-corrected chi connectivity index (χ1v) is 11.5. The normalized spacial score (nSPS) is 14.0. The number of benzene rings is 2. The van der Waals surface area contributed by atoms with Crippen molar-refractivity contribution in [2.45, 2.75) is 6.92 Å². The SMILES string of the molecule is Cc1cccc(-n2nc(-c3cccn3C)cc2C(=O)N2CCN(c3cccc(Cl)c3)CC2)c1. The van der Waals surface area contributed by atoms with E-state index in [2.05, 4.69) is 17.0 Å². The Hall–Kier alpha value is -3.51. The third-order valence-electron chi connectivity index (χ3n) is 6.12. The maximum Gasteiger partial charge on any atom is 0.272 e. The summed E-state index contributed by atoms with van der Waals surface area (Å²) in [5, 5.41) is 5.56. The molecule has 1 amide bonds. The van der Waals surface area contributed by atoms with Crippen molar-refractivity contribution in [3.05, 3.63) is 89.2 Å². The van der Waals surface area contributed by atoms with Gasteiger partial charge in [-0.25, -0.2) is 4.68 Å². The van der Waals surface area contributed by atoms with Crippen LogP contribution >= 0.6 is 11.6 Å². The molecule has 0 saturated carbocycles. The highest BCUT2D eigenvalue weighted by Gasteiger charge is 2.27. The number of aryl methyl sites for hydroxylation is 2. The Morgan fingerprint density at radius 1 is 0.909 bits per heavy atom. The van der Waals surface area contributed by atoms with Gasteiger partial charge in [0.1, 0.15) is 11.4 Å². The standard InChI is InChI=1S/C26H26ClN5O/c1-19-6-3-9-22(16-19)32-25(18-23(28-32)24-10-5-11-29(24)2)26(33)31-14-12-30(13-15-31)21-8-4-7-20(27)17-21/h3-11,16-18H,12-15H2,1-2H3. The van der Waals surface area contributed by atoms with Gasteiger partial charge in [-0.05, 0) is 61.0 Å². The number of carbonyl (C=O) groups excluding carboxylic acids is 1. The van der Waals surface area contributed by atoms with Crippen molar-refractivity contribution in [2.24, 2.45) is 7.05 Å². The van der Waals surface area contributed by atoms with E-state index in [1.165, 1.54) is 0 Å². The maximum atomic E-state index is 13.7. The molecular weight excluding hydrogens is 434 g/mol. The van der Waals surface area contributed by atoms with Gasteiger partial charge in [-0.1, -0.05) is 29.8 Å². The Morgan fingerprint density at radius 3 is 2.36 bits per heavy atom. The molecule has 4 aromatic rings. The summed E-state index contributed by atoms with van der Waals surface area (Å²) >= 11 is 6.16. The van der Waals surface area contributed by atoms with Crippen LogP contribution in [0.25, 0.3) is 17.1 Å². The molecule has 0 unspecified atom stereocenters. The van der Waals surface area contributed by atoms with Gasteiger partial charge in [0, 0.05) is 50.1 Å². The van der Waals surface area contributed by atoms with Crippen molar-refractivity contribution in [3.63, 3.8) is 0 Å². The molecular formula is C26H26ClN5O. The van der Waals surface area contributed by atoms with Gasteiger partial charge < -0.3 is 14.4 Å². The Kier molecular flexibility index (Phi) is 5.68. The second-order valence-corrected chi connectivity index (χ2v) is 8.87. The molecule has 5 rings (SSSR count). The molecule has 7 heteroatoms. The van der Waals surface area contributed by atoms with Gasteiger partial charge in [0.2, 0.25) is 0 Å². The van der Waals surface area contributed by atoms with Crippen LogP contribution in [0.3, 0.4) is 0 Å². The number of hydrogen-bond acceptors (Lipinski definition) is 3. The average molecular weight is 460 g/mol. The van der Waals surface area contributed by atoms with Crippen molar-refractivity contribution in [1.29, 1.82) is 0 Å². The van der Waals surface area contributed by atoms with E-state index in [9.17, 15) is 4.79 Å². The summed E-state index contributed by atoms with van der Waals surface area (Å²) in [6.45, 7) is 4.85. The van der Waals surface area contributed by atoms with Crippen LogP contribution in [-0.4, -0.2) is 51.3 Å². The van der Waals surface area contributed by atoms with Gasteiger partial charge in [0.05, 0.1) is 11.4 Å². The van der Waals surface area contributed by atoms with E-state index in [0.717, 1.165) is 46.4 Å². The van der Waals surface area contributed by atoms with E-state index in [0.29, 0.717) is 18.8 Å². The highest BCUT2D eigenvalue weighted by Crippen LogP contribution is 2.25. The zero-order chi connectivity index (χ0) is 22.9. The lowest BCUT2D eigenvalue weighted by Gasteiger charge is -2.36. The highest BCUT2D eigenvalue weighted by atomic mass is 35.5. The molecule has 3 heterocycles. The van der Waals surface area contributed by atoms with Crippen molar-refractivity contribution in [2.75, 3.05) is 31.1 Å². The minimum absolute atomic E-state index is 0.00444. The Morgan fingerprint density at radius 2 is 1.67 bits per heavy atom. The van der Waals surface area contributed by atoms with Crippen molar-refractivity contribution < 1.29 is 4.79 Å². The fourth-order valence-electron chi connectivity index (χ4n) is 4.34. The highest BCUT2D eigenvalue weighted by molar-refractivity contribution is 6.30. The quantitative estimate of drug-likeness (QED) is 0.440. The summed E-state index contributed by atoms with van der Waals surface area (Å²) in [5.41, 5.74) is 5.43. The van der Waals surface area contributed by atoms with Crippen LogP contribution in [0.1, 0.15) is 16.1 Å². The Bertz CT molecular complexity index is 1300. The first-order chi connectivity index (χ1) is 16.0. The molecule has 1 saturated heterocycles. The molecule has 0 bridgehead atoms. The first kappa shape index (κ1) is 21.3. The molecule has 0 spiro atoms. The van der Waals surface area contributed by atoms with Crippen LogP contribution in [0.2, 0.25) is 5.02 Å². The third-order valence-corrected chi connectivity index (χ3v) is 6.36. The molecule has 6 nitrogen and oxygen atoms in total. The van der Waals surface area contributed by atoms with Gasteiger partial charge in [0.15, 0.2) is 0 Å². The number of halogens is 1. The summed E-state index contributed by atoms with van der Waals surface area (Å²) in [6, 6.07) is 21.8. The van der Waals surface area contributed by atoms with Gasteiger partial charge in [-0.15, -0.1) is 0 Å². The summed E-state index contributed by atoms with van der Waals surface area (Å²) in [4.78, 5) is 17.8. The first-order valence-electron chi connectivity index (χ1n) is 11.1. The molecule has 0 atom stereocenters. The maximum absolute atomic E-state index is 13.7. The van der Waals surface area contributed by atoms with Crippen LogP contribution in [0.15, 0.2) is 72.9 Å². The predicted molar refractivity (Wildman–Crippen MR) is 132 cm³/mol. The molecule has 168 valence electrons. The van der Waals surface area contributed by atoms with Crippen LogP contribution in [-0.2, 0) is 7.05 Å². The summed E-state index contributed by atoms with van der Waals surface area (Å²) < 4.78 is 3.79. The largest absolute Gasteiger partial charge is 0.368 e. The van der Waals surface area contributed by atoms with E-state index >= 15 is 0 Å². The smallest absolute Gasteiger partial charge is 0.272 e. The molecule has 1 fully saturated rings. The number of piperazine rings is 1. The summed E-state index contributed by atoms with van der Waals surface area (Å²) in [6.07, 6.45) is 1.98. The van der Waals surface area contributed by atoms with Crippen LogP contribution < -0.4 is 4.90 Å². The minimum Gasteiger partial charge on any atom is -0.368 e. The molecule has 0 N–H and O–H groups in total. The molecule has 0 aliphatic carbocycles. The van der Waals surface area contributed by atoms with Crippen molar-refractivity contribution in [3.8, 4) is 17.1 Å². The number of hydrogen-bond donors (Lipinski definition) is 0. The topological polar surface area (TPSA) is 46.3 Å². The number of nitrogens with zero attached hydrogens (tertiary/aromatic N) is 5. The number of amides is 1. The van der Waals surface area contributed by atoms with E-state index in [1.54, 1.807) is 4.68 Å².